The van der Waals surface area contributed by atoms with E-state index in [0.717, 1.165) is 19.3 Å². The molecule has 0 saturated heterocycles. The Labute approximate surface area is 169 Å². The Hall–Kier alpha value is -3.15. The quantitative estimate of drug-likeness (QED) is 0.476. The van der Waals surface area contributed by atoms with Gasteiger partial charge < -0.3 is 14.2 Å². The normalized spacial score (nSPS) is 12.2. The highest BCUT2D eigenvalue weighted by Crippen LogP contribution is 2.25. The predicted molar refractivity (Wildman–Crippen MR) is 107 cm³/mol. The van der Waals surface area contributed by atoms with Gasteiger partial charge in [0.05, 0.1) is 26.2 Å². The number of benzene rings is 2. The molecule has 0 heterocycles. The first-order valence-electron chi connectivity index (χ1n) is 9.57. The molecule has 0 radical (unpaired) electrons. The number of ether oxygens (including phenoxy) is 3. The summed E-state index contributed by atoms with van der Waals surface area (Å²) in [5.41, 5.74) is 3.41. The molecule has 0 N–H and O–H groups in total. The fourth-order valence-corrected chi connectivity index (χ4v) is 3.43. The van der Waals surface area contributed by atoms with Crippen LogP contribution in [0.1, 0.15) is 51.1 Å². The summed E-state index contributed by atoms with van der Waals surface area (Å²) in [6.07, 6.45) is 3.15. The van der Waals surface area contributed by atoms with E-state index in [1.165, 1.54) is 31.4 Å². The molecule has 2 aromatic rings. The van der Waals surface area contributed by atoms with Gasteiger partial charge in [0.25, 0.3) is 0 Å². The van der Waals surface area contributed by atoms with Gasteiger partial charge in [0, 0.05) is 12.0 Å². The van der Waals surface area contributed by atoms with Crippen LogP contribution in [0.3, 0.4) is 0 Å². The minimum absolute atomic E-state index is 0.0499. The molecule has 0 fully saturated rings. The minimum atomic E-state index is -0.588. The van der Waals surface area contributed by atoms with Crippen molar-refractivity contribution in [2.75, 3.05) is 20.8 Å². The van der Waals surface area contributed by atoms with Crippen LogP contribution in [0.15, 0.2) is 36.4 Å². The number of hydrogen-bond acceptors (Lipinski definition) is 6. The molecule has 6 heteroatoms. The molecule has 0 spiro atoms. The molecule has 2 aromatic carbocycles. The third-order valence-electron chi connectivity index (χ3n) is 5.05. The first-order chi connectivity index (χ1) is 14.0. The lowest BCUT2D eigenvalue weighted by molar-refractivity contribution is -0.142. The SMILES string of the molecule is COc1ccc(OC)c(C(=O)COC(=O)CCC(=O)c2ccc3c(c2)CCC3)c1. The highest BCUT2D eigenvalue weighted by Gasteiger charge is 2.18. The molecule has 0 unspecified atom stereocenters. The summed E-state index contributed by atoms with van der Waals surface area (Å²) in [6.45, 7) is -0.421. The van der Waals surface area contributed by atoms with Crippen molar-refractivity contribution in [3.8, 4) is 11.5 Å². The third kappa shape index (κ3) is 5.02. The van der Waals surface area contributed by atoms with Gasteiger partial charge in [0.2, 0.25) is 5.78 Å². The van der Waals surface area contributed by atoms with E-state index in [1.54, 1.807) is 12.1 Å². The van der Waals surface area contributed by atoms with Crippen molar-refractivity contribution in [3.05, 3.63) is 58.7 Å². The number of carbonyl (C=O) groups excluding carboxylic acids is 3. The Bertz CT molecular complexity index is 931. The van der Waals surface area contributed by atoms with Gasteiger partial charge in [0.15, 0.2) is 12.4 Å². The maximum atomic E-state index is 12.4. The molecule has 0 saturated carbocycles. The Kier molecular flexibility index (Phi) is 6.65. The molecular formula is C23H24O6. The lowest BCUT2D eigenvalue weighted by Gasteiger charge is -2.10. The van der Waals surface area contributed by atoms with Crippen molar-refractivity contribution < 1.29 is 28.6 Å². The van der Waals surface area contributed by atoms with Crippen LogP contribution in [0.4, 0.5) is 0 Å². The summed E-state index contributed by atoms with van der Waals surface area (Å²) in [4.78, 5) is 36.7. The molecular weight excluding hydrogens is 372 g/mol. The van der Waals surface area contributed by atoms with E-state index in [4.69, 9.17) is 14.2 Å². The van der Waals surface area contributed by atoms with Crippen molar-refractivity contribution in [1.82, 2.24) is 0 Å². The summed E-state index contributed by atoms with van der Waals surface area (Å²) in [5, 5.41) is 0. The second-order valence-corrected chi connectivity index (χ2v) is 6.91. The first kappa shape index (κ1) is 20.6. The van der Waals surface area contributed by atoms with Crippen LogP contribution in [0, 0.1) is 0 Å². The van der Waals surface area contributed by atoms with Gasteiger partial charge in [0.1, 0.15) is 11.5 Å². The van der Waals surface area contributed by atoms with Crippen molar-refractivity contribution in [2.45, 2.75) is 32.1 Å². The second-order valence-electron chi connectivity index (χ2n) is 6.91. The maximum Gasteiger partial charge on any atom is 0.306 e. The lowest BCUT2D eigenvalue weighted by atomic mass is 10.0. The number of carbonyl (C=O) groups is 3. The molecule has 1 aliphatic rings. The van der Waals surface area contributed by atoms with Crippen LogP contribution in [-0.2, 0) is 22.4 Å². The summed E-state index contributed by atoms with van der Waals surface area (Å²) in [5.74, 6) is -0.217. The number of methoxy groups -OCH3 is 2. The second kappa shape index (κ2) is 9.37. The Morgan fingerprint density at radius 3 is 2.41 bits per heavy atom. The average Bonchev–Trinajstić information content (AvgIpc) is 3.23. The zero-order chi connectivity index (χ0) is 20.8. The number of rotatable bonds is 9. The molecule has 1 aliphatic carbocycles. The number of hydrogen-bond donors (Lipinski definition) is 0. The van der Waals surface area contributed by atoms with Crippen LogP contribution < -0.4 is 9.47 Å². The first-order valence-corrected chi connectivity index (χ1v) is 9.57. The summed E-state index contributed by atoms with van der Waals surface area (Å²) >= 11 is 0. The van der Waals surface area contributed by atoms with E-state index in [0.29, 0.717) is 17.1 Å². The van der Waals surface area contributed by atoms with Gasteiger partial charge in [-0.1, -0.05) is 12.1 Å². The summed E-state index contributed by atoms with van der Waals surface area (Å²) in [6, 6.07) is 10.6. The molecule has 0 aromatic heterocycles. The monoisotopic (exact) mass is 396 g/mol. The molecule has 3 rings (SSSR count). The number of fused-ring (bicyclic) bond motifs is 1. The zero-order valence-electron chi connectivity index (χ0n) is 16.7. The zero-order valence-corrected chi connectivity index (χ0v) is 16.7. The number of aryl methyl sites for hydroxylation is 2. The van der Waals surface area contributed by atoms with Gasteiger partial charge in [-0.05, 0) is 54.7 Å². The van der Waals surface area contributed by atoms with Crippen LogP contribution in [-0.4, -0.2) is 38.4 Å². The number of ketones is 2. The van der Waals surface area contributed by atoms with Gasteiger partial charge in [-0.15, -0.1) is 0 Å². The molecule has 152 valence electrons. The van der Waals surface area contributed by atoms with Gasteiger partial charge in [-0.25, -0.2) is 0 Å². The maximum absolute atomic E-state index is 12.4. The van der Waals surface area contributed by atoms with Crippen LogP contribution >= 0.6 is 0 Å². The molecule has 29 heavy (non-hydrogen) atoms. The fraction of sp³-hybridized carbons (Fsp3) is 0.348. The molecule has 6 nitrogen and oxygen atoms in total. The lowest BCUT2D eigenvalue weighted by Crippen LogP contribution is -2.16. The van der Waals surface area contributed by atoms with Gasteiger partial charge in [-0.2, -0.15) is 0 Å². The van der Waals surface area contributed by atoms with E-state index >= 15 is 0 Å². The molecule has 0 amide bonds. The van der Waals surface area contributed by atoms with Crippen molar-refractivity contribution in [2.24, 2.45) is 0 Å². The van der Waals surface area contributed by atoms with Crippen molar-refractivity contribution in [1.29, 1.82) is 0 Å². The van der Waals surface area contributed by atoms with E-state index in [-0.39, 0.29) is 24.2 Å². The number of esters is 1. The largest absolute Gasteiger partial charge is 0.497 e. The summed E-state index contributed by atoms with van der Waals surface area (Å²) < 4.78 is 15.3. The Morgan fingerprint density at radius 2 is 1.66 bits per heavy atom. The standard InChI is InChI=1S/C23H24O6/c1-27-18-8-10-22(28-2)19(13-18)21(25)14-29-23(26)11-9-20(24)17-7-6-15-4-3-5-16(15)12-17/h6-8,10,12-13H,3-5,9,11,14H2,1-2H3. The smallest absolute Gasteiger partial charge is 0.306 e. The van der Waals surface area contributed by atoms with Crippen LogP contribution in [0.2, 0.25) is 0 Å². The third-order valence-corrected chi connectivity index (χ3v) is 5.05. The van der Waals surface area contributed by atoms with Crippen LogP contribution in [0.25, 0.3) is 0 Å². The molecule has 0 aliphatic heterocycles. The van der Waals surface area contributed by atoms with E-state index in [1.807, 2.05) is 18.2 Å². The topological polar surface area (TPSA) is 78.9 Å². The van der Waals surface area contributed by atoms with Crippen molar-refractivity contribution in [3.63, 3.8) is 0 Å². The van der Waals surface area contributed by atoms with Gasteiger partial charge in [-0.3, -0.25) is 14.4 Å². The highest BCUT2D eigenvalue weighted by atomic mass is 16.5. The van der Waals surface area contributed by atoms with E-state index in [2.05, 4.69) is 0 Å². The van der Waals surface area contributed by atoms with Crippen molar-refractivity contribution >= 4 is 17.5 Å². The average molecular weight is 396 g/mol. The summed E-state index contributed by atoms with van der Waals surface area (Å²) in [7, 11) is 2.95. The van der Waals surface area contributed by atoms with E-state index in [9.17, 15) is 14.4 Å². The Balaban J connectivity index is 1.51. The molecule has 0 bridgehead atoms. The Morgan fingerprint density at radius 1 is 0.862 bits per heavy atom. The minimum Gasteiger partial charge on any atom is -0.497 e. The van der Waals surface area contributed by atoms with E-state index < -0.39 is 18.4 Å². The van der Waals surface area contributed by atoms with Crippen LogP contribution in [0.5, 0.6) is 11.5 Å². The highest BCUT2D eigenvalue weighted by molar-refractivity contribution is 6.01. The fourth-order valence-electron chi connectivity index (χ4n) is 3.43. The van der Waals surface area contributed by atoms with Gasteiger partial charge >= 0.3 is 5.97 Å². The predicted octanol–water partition coefficient (Wildman–Crippen LogP) is 3.58. The number of Topliss-reactive ketones (excluding diaryl/α,β-unsaturated/α-hetero) is 2. The molecule has 0 atom stereocenters.